The number of aliphatic carboxylic acids is 1. The van der Waals surface area contributed by atoms with E-state index in [0.717, 1.165) is 5.56 Å². The highest BCUT2D eigenvalue weighted by molar-refractivity contribution is 5.72. The molecular formula is C14H17NO2. The van der Waals surface area contributed by atoms with Crippen LogP contribution >= 0.6 is 0 Å². The molecular weight excluding hydrogens is 214 g/mol. The van der Waals surface area contributed by atoms with Crippen molar-refractivity contribution in [1.29, 1.82) is 0 Å². The maximum absolute atomic E-state index is 11.0. The van der Waals surface area contributed by atoms with Gasteiger partial charge in [-0.25, -0.2) is 0 Å². The largest absolute Gasteiger partial charge is 0.481 e. The Bertz CT molecular complexity index is 450. The predicted molar refractivity (Wildman–Crippen MR) is 64.0 cm³/mol. The summed E-state index contributed by atoms with van der Waals surface area (Å²) in [6.07, 6.45) is 8.35. The Morgan fingerprint density at radius 3 is 2.65 bits per heavy atom. The van der Waals surface area contributed by atoms with Crippen molar-refractivity contribution in [3.63, 3.8) is 0 Å². The number of pyridine rings is 1. The second-order valence-electron chi connectivity index (χ2n) is 5.30. The van der Waals surface area contributed by atoms with Crippen LogP contribution in [0.4, 0.5) is 0 Å². The van der Waals surface area contributed by atoms with E-state index in [2.05, 4.69) is 11.1 Å². The minimum absolute atomic E-state index is 0.231. The Morgan fingerprint density at radius 2 is 1.94 bits per heavy atom. The Morgan fingerprint density at radius 1 is 1.24 bits per heavy atom. The summed E-state index contributed by atoms with van der Waals surface area (Å²) in [6, 6.07) is 2.16. The zero-order valence-corrected chi connectivity index (χ0v) is 9.85. The second-order valence-corrected chi connectivity index (χ2v) is 5.30. The van der Waals surface area contributed by atoms with Gasteiger partial charge in [0.25, 0.3) is 0 Å². The molecule has 0 spiro atoms. The number of hydrogen-bond acceptors (Lipinski definition) is 2. The quantitative estimate of drug-likeness (QED) is 0.851. The molecule has 0 amide bonds. The Labute approximate surface area is 101 Å². The lowest BCUT2D eigenvalue weighted by molar-refractivity contribution is -0.141. The molecule has 1 aromatic heterocycles. The van der Waals surface area contributed by atoms with Crippen molar-refractivity contribution in [2.75, 3.05) is 0 Å². The van der Waals surface area contributed by atoms with Crippen LogP contribution in [-0.2, 0) is 17.6 Å². The van der Waals surface area contributed by atoms with Crippen molar-refractivity contribution in [2.24, 2.45) is 5.92 Å². The molecule has 3 rings (SSSR count). The van der Waals surface area contributed by atoms with Gasteiger partial charge in [0.05, 0.1) is 5.92 Å². The van der Waals surface area contributed by atoms with Crippen LogP contribution in [0.15, 0.2) is 12.3 Å². The summed E-state index contributed by atoms with van der Waals surface area (Å²) in [4.78, 5) is 15.5. The SMILES string of the molecule is O=C(O)C1Cc2cnc(C3CCCC3)cc2C1. The van der Waals surface area contributed by atoms with Crippen LogP contribution in [0.1, 0.15) is 48.4 Å². The van der Waals surface area contributed by atoms with E-state index >= 15 is 0 Å². The molecule has 2 aliphatic carbocycles. The predicted octanol–water partition coefficient (Wildman–Crippen LogP) is 2.54. The third-order valence-electron chi connectivity index (χ3n) is 4.16. The smallest absolute Gasteiger partial charge is 0.307 e. The van der Waals surface area contributed by atoms with Gasteiger partial charge in [0.15, 0.2) is 0 Å². The molecule has 3 nitrogen and oxygen atoms in total. The topological polar surface area (TPSA) is 50.2 Å². The molecule has 1 heterocycles. The fourth-order valence-corrected chi connectivity index (χ4v) is 3.14. The van der Waals surface area contributed by atoms with Gasteiger partial charge in [-0.15, -0.1) is 0 Å². The van der Waals surface area contributed by atoms with Gasteiger partial charge >= 0.3 is 5.97 Å². The summed E-state index contributed by atoms with van der Waals surface area (Å²) in [5.74, 6) is -0.293. The van der Waals surface area contributed by atoms with E-state index < -0.39 is 5.97 Å². The number of aromatic nitrogens is 1. The number of rotatable bonds is 2. The van der Waals surface area contributed by atoms with E-state index in [-0.39, 0.29) is 5.92 Å². The third-order valence-corrected chi connectivity index (χ3v) is 4.16. The van der Waals surface area contributed by atoms with Gasteiger partial charge in [0, 0.05) is 17.8 Å². The molecule has 0 radical (unpaired) electrons. The number of carbonyl (C=O) groups is 1. The third kappa shape index (κ3) is 1.94. The average molecular weight is 231 g/mol. The van der Waals surface area contributed by atoms with Gasteiger partial charge in [-0.3, -0.25) is 9.78 Å². The van der Waals surface area contributed by atoms with Crippen molar-refractivity contribution in [3.8, 4) is 0 Å². The highest BCUT2D eigenvalue weighted by Crippen LogP contribution is 2.35. The van der Waals surface area contributed by atoms with Crippen LogP contribution in [-0.4, -0.2) is 16.1 Å². The van der Waals surface area contributed by atoms with Gasteiger partial charge < -0.3 is 5.11 Å². The van der Waals surface area contributed by atoms with Crippen LogP contribution in [0.3, 0.4) is 0 Å². The van der Waals surface area contributed by atoms with Gasteiger partial charge in [0.1, 0.15) is 0 Å². The molecule has 1 unspecified atom stereocenters. The first kappa shape index (κ1) is 10.8. The lowest BCUT2D eigenvalue weighted by Gasteiger charge is -2.09. The fourth-order valence-electron chi connectivity index (χ4n) is 3.14. The zero-order chi connectivity index (χ0) is 11.8. The minimum atomic E-state index is -0.677. The van der Waals surface area contributed by atoms with Crippen molar-refractivity contribution in [2.45, 2.75) is 44.4 Å². The normalized spacial score (nSPS) is 23.9. The van der Waals surface area contributed by atoms with Crippen LogP contribution in [0.2, 0.25) is 0 Å². The number of carboxylic acid groups (broad SMARTS) is 1. The van der Waals surface area contributed by atoms with E-state index in [9.17, 15) is 4.79 Å². The summed E-state index contributed by atoms with van der Waals surface area (Å²) in [5, 5.41) is 9.05. The Hall–Kier alpha value is -1.38. The van der Waals surface area contributed by atoms with Crippen LogP contribution in [0, 0.1) is 5.92 Å². The monoisotopic (exact) mass is 231 g/mol. The molecule has 17 heavy (non-hydrogen) atoms. The van der Waals surface area contributed by atoms with Crippen LogP contribution in [0.5, 0.6) is 0 Å². The van der Waals surface area contributed by atoms with Crippen LogP contribution < -0.4 is 0 Å². The summed E-state index contributed by atoms with van der Waals surface area (Å²) in [5.41, 5.74) is 3.54. The molecule has 0 aliphatic heterocycles. The van der Waals surface area contributed by atoms with Gasteiger partial charge in [-0.05, 0) is 42.9 Å². The second kappa shape index (κ2) is 4.13. The Balaban J connectivity index is 1.84. The molecule has 0 saturated heterocycles. The highest BCUT2D eigenvalue weighted by atomic mass is 16.4. The summed E-state index contributed by atoms with van der Waals surface area (Å²) >= 11 is 0. The highest BCUT2D eigenvalue weighted by Gasteiger charge is 2.28. The van der Waals surface area contributed by atoms with Crippen LogP contribution in [0.25, 0.3) is 0 Å². The van der Waals surface area contributed by atoms with E-state index in [1.165, 1.54) is 36.9 Å². The van der Waals surface area contributed by atoms with Gasteiger partial charge in [-0.1, -0.05) is 12.8 Å². The number of carboxylic acids is 1. The standard InChI is InChI=1S/C14H17NO2/c16-14(17)11-5-10-7-13(9-3-1-2-4-9)15-8-12(10)6-11/h7-9,11H,1-6H2,(H,16,17). The fraction of sp³-hybridized carbons (Fsp3) is 0.571. The first-order chi connectivity index (χ1) is 8.24. The molecule has 2 aliphatic rings. The van der Waals surface area contributed by atoms with Crippen molar-refractivity contribution in [3.05, 3.63) is 29.1 Å². The lowest BCUT2D eigenvalue weighted by Crippen LogP contribution is -2.12. The molecule has 1 saturated carbocycles. The summed E-state index contributed by atoms with van der Waals surface area (Å²) in [7, 11) is 0. The van der Waals surface area contributed by atoms with E-state index in [4.69, 9.17) is 5.11 Å². The van der Waals surface area contributed by atoms with E-state index in [1.807, 2.05) is 6.20 Å². The van der Waals surface area contributed by atoms with Gasteiger partial charge in [0.2, 0.25) is 0 Å². The summed E-state index contributed by atoms with van der Waals surface area (Å²) in [6.45, 7) is 0. The van der Waals surface area contributed by atoms with E-state index in [0.29, 0.717) is 18.8 Å². The maximum atomic E-state index is 11.0. The number of fused-ring (bicyclic) bond motifs is 1. The Kier molecular flexibility index (Phi) is 2.61. The van der Waals surface area contributed by atoms with Crippen molar-refractivity contribution in [1.82, 2.24) is 4.98 Å². The molecule has 1 atom stereocenters. The number of nitrogens with zero attached hydrogens (tertiary/aromatic N) is 1. The van der Waals surface area contributed by atoms with Crippen molar-refractivity contribution < 1.29 is 9.90 Å². The minimum Gasteiger partial charge on any atom is -0.481 e. The maximum Gasteiger partial charge on any atom is 0.307 e. The lowest BCUT2D eigenvalue weighted by atomic mass is 10.0. The molecule has 90 valence electrons. The molecule has 0 bridgehead atoms. The zero-order valence-electron chi connectivity index (χ0n) is 9.85. The summed E-state index contributed by atoms with van der Waals surface area (Å²) < 4.78 is 0. The van der Waals surface area contributed by atoms with E-state index in [1.54, 1.807) is 0 Å². The van der Waals surface area contributed by atoms with Crippen molar-refractivity contribution >= 4 is 5.97 Å². The van der Waals surface area contributed by atoms with Gasteiger partial charge in [-0.2, -0.15) is 0 Å². The first-order valence-electron chi connectivity index (χ1n) is 6.44. The molecule has 0 aromatic carbocycles. The molecule has 1 N–H and O–H groups in total. The molecule has 1 fully saturated rings. The molecule has 1 aromatic rings. The average Bonchev–Trinajstić information content (AvgIpc) is 2.97. The number of hydrogen-bond donors (Lipinski definition) is 1. The first-order valence-corrected chi connectivity index (χ1v) is 6.44. The molecule has 3 heteroatoms.